The van der Waals surface area contributed by atoms with Crippen molar-refractivity contribution in [3.8, 4) is 0 Å². The Labute approximate surface area is 141 Å². The molecule has 0 aliphatic rings. The molecular formula is C23H28. The highest BCUT2D eigenvalue weighted by Crippen LogP contribution is 2.24. The molecule has 0 aliphatic carbocycles. The van der Waals surface area contributed by atoms with E-state index in [0.717, 1.165) is 17.6 Å². The van der Waals surface area contributed by atoms with Gasteiger partial charge in [0.2, 0.25) is 0 Å². The van der Waals surface area contributed by atoms with Crippen LogP contribution in [0.3, 0.4) is 0 Å². The molecule has 0 spiro atoms. The summed E-state index contributed by atoms with van der Waals surface area (Å²) >= 11 is 0. The second-order valence-corrected chi connectivity index (χ2v) is 5.47. The molecule has 0 aliphatic heterocycles. The van der Waals surface area contributed by atoms with Gasteiger partial charge in [0, 0.05) is 0 Å². The Bertz CT molecular complexity index is 658. The summed E-state index contributed by atoms with van der Waals surface area (Å²) < 4.78 is 0. The van der Waals surface area contributed by atoms with Gasteiger partial charge in [-0.25, -0.2) is 0 Å². The lowest BCUT2D eigenvalue weighted by atomic mass is 9.96. The first kappa shape index (κ1) is 18.7. The molecule has 0 N–H and O–H groups in total. The fourth-order valence-corrected chi connectivity index (χ4v) is 2.39. The molecule has 0 heterocycles. The molecule has 0 fully saturated rings. The lowest BCUT2D eigenvalue weighted by Crippen LogP contribution is -1.88. The maximum Gasteiger partial charge on any atom is -0.0187 e. The quantitative estimate of drug-likeness (QED) is 0.469. The molecule has 0 unspecified atom stereocenters. The Balaban J connectivity index is 3.25. The Hall–Kier alpha value is -2.34. The third-order valence-electron chi connectivity index (χ3n) is 3.66. The average molecular weight is 304 g/mol. The van der Waals surface area contributed by atoms with Gasteiger partial charge in [-0.3, -0.25) is 0 Å². The zero-order valence-electron chi connectivity index (χ0n) is 14.9. The molecule has 0 saturated carbocycles. The van der Waals surface area contributed by atoms with Crippen LogP contribution >= 0.6 is 0 Å². The van der Waals surface area contributed by atoms with Gasteiger partial charge in [-0.15, -0.1) is 0 Å². The lowest BCUT2D eigenvalue weighted by Gasteiger charge is -2.09. The van der Waals surface area contributed by atoms with Gasteiger partial charge < -0.3 is 0 Å². The van der Waals surface area contributed by atoms with Gasteiger partial charge in [-0.1, -0.05) is 80.3 Å². The first-order chi connectivity index (χ1) is 11.1. The van der Waals surface area contributed by atoms with Crippen LogP contribution in [0.1, 0.15) is 45.2 Å². The van der Waals surface area contributed by atoms with E-state index >= 15 is 0 Å². The Kier molecular flexibility index (Phi) is 7.83. The summed E-state index contributed by atoms with van der Waals surface area (Å²) in [6, 6.07) is 8.54. The van der Waals surface area contributed by atoms with Gasteiger partial charge in [0.25, 0.3) is 0 Å². The molecule has 0 amide bonds. The van der Waals surface area contributed by atoms with Crippen LogP contribution in [0.5, 0.6) is 0 Å². The van der Waals surface area contributed by atoms with Gasteiger partial charge in [-0.05, 0) is 61.1 Å². The Morgan fingerprint density at radius 1 is 1.04 bits per heavy atom. The van der Waals surface area contributed by atoms with E-state index in [0.29, 0.717) is 0 Å². The predicted octanol–water partition coefficient (Wildman–Crippen LogP) is 7.15. The fourth-order valence-electron chi connectivity index (χ4n) is 2.39. The molecule has 0 bridgehead atoms. The summed E-state index contributed by atoms with van der Waals surface area (Å²) in [7, 11) is 0. The van der Waals surface area contributed by atoms with Crippen LogP contribution in [-0.4, -0.2) is 0 Å². The molecule has 23 heavy (non-hydrogen) atoms. The molecule has 0 heteroatoms. The monoisotopic (exact) mass is 304 g/mol. The van der Waals surface area contributed by atoms with E-state index in [-0.39, 0.29) is 0 Å². The third kappa shape index (κ3) is 5.41. The summed E-state index contributed by atoms with van der Waals surface area (Å²) in [5.74, 6) is 0. The second-order valence-electron chi connectivity index (χ2n) is 5.47. The number of hydrogen-bond donors (Lipinski definition) is 0. The van der Waals surface area contributed by atoms with E-state index in [2.05, 4.69) is 81.7 Å². The van der Waals surface area contributed by atoms with E-state index in [1.807, 2.05) is 19.9 Å². The summed E-state index contributed by atoms with van der Waals surface area (Å²) in [6.45, 7) is 16.3. The summed E-state index contributed by atoms with van der Waals surface area (Å²) in [5, 5.41) is 0. The van der Waals surface area contributed by atoms with Crippen molar-refractivity contribution in [3.05, 3.63) is 96.2 Å². The molecule has 0 atom stereocenters. The maximum absolute atomic E-state index is 3.99. The van der Waals surface area contributed by atoms with E-state index in [9.17, 15) is 0 Å². The number of rotatable bonds is 7. The minimum Gasteiger partial charge on any atom is -0.0984 e. The van der Waals surface area contributed by atoms with Crippen molar-refractivity contribution in [2.75, 3.05) is 0 Å². The third-order valence-corrected chi connectivity index (χ3v) is 3.66. The number of allylic oxidation sites excluding steroid dienone is 10. The molecule has 0 saturated heterocycles. The molecule has 1 rings (SSSR count). The number of benzene rings is 1. The maximum atomic E-state index is 3.99. The standard InChI is InChI=1S/C23H28/c1-7-11-22(12-8-2)19(9-3)17-20(10-4)23-15-13-21(14-16-23)18(5)6/h7,9-17H,3,5,8H2,1-2,4,6H3/b11-7-,19-17+,20-10+,22-12+. The fraction of sp³-hybridized carbons (Fsp3) is 0.217. The van der Waals surface area contributed by atoms with Crippen LogP contribution in [0.15, 0.2) is 85.0 Å². The van der Waals surface area contributed by atoms with E-state index < -0.39 is 0 Å². The van der Waals surface area contributed by atoms with E-state index in [1.165, 1.54) is 22.3 Å². The highest BCUT2D eigenvalue weighted by atomic mass is 14.1. The largest absolute Gasteiger partial charge is 0.0984 e. The average Bonchev–Trinajstić information content (AvgIpc) is 2.56. The van der Waals surface area contributed by atoms with E-state index in [1.54, 1.807) is 0 Å². The Morgan fingerprint density at radius 3 is 2.09 bits per heavy atom. The smallest absolute Gasteiger partial charge is 0.0187 e. The van der Waals surface area contributed by atoms with Crippen molar-refractivity contribution in [3.63, 3.8) is 0 Å². The van der Waals surface area contributed by atoms with Crippen LogP contribution in [-0.2, 0) is 0 Å². The van der Waals surface area contributed by atoms with Gasteiger partial charge in [-0.2, -0.15) is 0 Å². The normalized spacial score (nSPS) is 13.5. The van der Waals surface area contributed by atoms with Gasteiger partial charge >= 0.3 is 0 Å². The van der Waals surface area contributed by atoms with Crippen molar-refractivity contribution in [1.82, 2.24) is 0 Å². The highest BCUT2D eigenvalue weighted by Gasteiger charge is 2.03. The molecular weight excluding hydrogens is 276 g/mol. The molecule has 120 valence electrons. The second kappa shape index (κ2) is 9.63. The first-order valence-corrected chi connectivity index (χ1v) is 8.17. The predicted molar refractivity (Wildman–Crippen MR) is 106 cm³/mol. The topological polar surface area (TPSA) is 0 Å². The van der Waals surface area contributed by atoms with Crippen LogP contribution < -0.4 is 0 Å². The van der Waals surface area contributed by atoms with Crippen molar-refractivity contribution in [1.29, 1.82) is 0 Å². The summed E-state index contributed by atoms with van der Waals surface area (Å²) in [4.78, 5) is 0. The van der Waals surface area contributed by atoms with Crippen molar-refractivity contribution >= 4 is 11.1 Å². The lowest BCUT2D eigenvalue weighted by molar-refractivity contribution is 1.20. The first-order valence-electron chi connectivity index (χ1n) is 8.17. The van der Waals surface area contributed by atoms with Crippen molar-refractivity contribution in [2.24, 2.45) is 0 Å². The van der Waals surface area contributed by atoms with Crippen LogP contribution in [0, 0.1) is 0 Å². The SMILES string of the molecule is C=CC(=C\C(=C/C)c1ccc(C(=C)C)cc1)/C(/C=C\C)=C/CC. The molecule has 0 radical (unpaired) electrons. The minimum absolute atomic E-state index is 1.00. The van der Waals surface area contributed by atoms with Gasteiger partial charge in [0.15, 0.2) is 0 Å². The van der Waals surface area contributed by atoms with Crippen molar-refractivity contribution in [2.45, 2.75) is 34.1 Å². The van der Waals surface area contributed by atoms with Crippen LogP contribution in [0.4, 0.5) is 0 Å². The van der Waals surface area contributed by atoms with Gasteiger partial charge in [0.1, 0.15) is 0 Å². The minimum atomic E-state index is 1.00. The van der Waals surface area contributed by atoms with Crippen LogP contribution in [0.2, 0.25) is 0 Å². The summed E-state index contributed by atoms with van der Waals surface area (Å²) in [5.41, 5.74) is 7.01. The van der Waals surface area contributed by atoms with E-state index in [4.69, 9.17) is 0 Å². The molecule has 0 aromatic heterocycles. The van der Waals surface area contributed by atoms with Crippen LogP contribution in [0.25, 0.3) is 11.1 Å². The zero-order valence-corrected chi connectivity index (χ0v) is 14.9. The zero-order chi connectivity index (χ0) is 17.2. The molecule has 1 aromatic carbocycles. The molecule has 1 aromatic rings. The van der Waals surface area contributed by atoms with Crippen molar-refractivity contribution < 1.29 is 0 Å². The number of hydrogen-bond acceptors (Lipinski definition) is 0. The summed E-state index contributed by atoms with van der Waals surface area (Å²) in [6.07, 6.45) is 13.7. The van der Waals surface area contributed by atoms with Gasteiger partial charge in [0.05, 0.1) is 0 Å². The Morgan fingerprint density at radius 2 is 1.65 bits per heavy atom. The highest BCUT2D eigenvalue weighted by molar-refractivity contribution is 5.77. The molecule has 0 nitrogen and oxygen atoms in total.